The molecule has 1 saturated carbocycles. The zero-order valence-corrected chi connectivity index (χ0v) is 9.77. The van der Waals surface area contributed by atoms with E-state index in [-0.39, 0.29) is 0 Å². The lowest BCUT2D eigenvalue weighted by molar-refractivity contribution is 0.679. The second kappa shape index (κ2) is 4.25. The predicted octanol–water partition coefficient (Wildman–Crippen LogP) is 1.43. The molecule has 0 spiro atoms. The zero-order chi connectivity index (χ0) is 11.7. The molecule has 0 radical (unpaired) electrons. The van der Waals surface area contributed by atoms with Crippen molar-refractivity contribution in [3.63, 3.8) is 0 Å². The molecule has 88 valence electrons. The third-order valence-corrected chi connectivity index (χ3v) is 2.95. The number of rotatable bonds is 4. The second-order valence-electron chi connectivity index (χ2n) is 4.40. The number of nitrogens with one attached hydrogen (secondary N) is 2. The van der Waals surface area contributed by atoms with Crippen LogP contribution in [0, 0.1) is 6.92 Å². The number of imidazole rings is 1. The Morgan fingerprint density at radius 1 is 1.41 bits per heavy atom. The highest BCUT2D eigenvalue weighted by Gasteiger charge is 2.20. The van der Waals surface area contributed by atoms with Gasteiger partial charge >= 0.3 is 0 Å². The quantitative estimate of drug-likeness (QED) is 0.832. The standard InChI is InChI=1S/C12H15N5/c1-8-9(6-15-10-2-3-10)7-16-12(17-8)11-13-4-5-14-11/h4-5,7,10,15H,2-3,6H2,1H3,(H,13,14). The molecule has 17 heavy (non-hydrogen) atoms. The molecule has 0 aliphatic heterocycles. The van der Waals surface area contributed by atoms with E-state index >= 15 is 0 Å². The van der Waals surface area contributed by atoms with Crippen molar-refractivity contribution in [1.29, 1.82) is 0 Å². The number of H-pyrrole nitrogens is 1. The first-order valence-corrected chi connectivity index (χ1v) is 5.88. The Morgan fingerprint density at radius 2 is 2.29 bits per heavy atom. The van der Waals surface area contributed by atoms with Gasteiger partial charge in [-0.2, -0.15) is 0 Å². The first-order chi connectivity index (χ1) is 8.33. The normalized spacial score (nSPS) is 15.1. The summed E-state index contributed by atoms with van der Waals surface area (Å²) >= 11 is 0. The summed E-state index contributed by atoms with van der Waals surface area (Å²) in [4.78, 5) is 16.0. The monoisotopic (exact) mass is 229 g/mol. The maximum atomic E-state index is 4.47. The van der Waals surface area contributed by atoms with Gasteiger partial charge in [-0.25, -0.2) is 15.0 Å². The van der Waals surface area contributed by atoms with Crippen LogP contribution in [0.3, 0.4) is 0 Å². The highest BCUT2D eigenvalue weighted by molar-refractivity contribution is 5.43. The molecular weight excluding hydrogens is 214 g/mol. The van der Waals surface area contributed by atoms with Gasteiger partial charge in [0.05, 0.1) is 0 Å². The van der Waals surface area contributed by atoms with Gasteiger partial charge in [0.15, 0.2) is 11.6 Å². The van der Waals surface area contributed by atoms with E-state index in [1.807, 2.05) is 13.1 Å². The van der Waals surface area contributed by atoms with Gasteiger partial charge in [-0.05, 0) is 19.8 Å². The summed E-state index contributed by atoms with van der Waals surface area (Å²) in [5.41, 5.74) is 2.17. The molecule has 1 aliphatic rings. The largest absolute Gasteiger partial charge is 0.342 e. The molecule has 1 fully saturated rings. The smallest absolute Gasteiger partial charge is 0.195 e. The number of nitrogens with zero attached hydrogens (tertiary/aromatic N) is 3. The van der Waals surface area contributed by atoms with Gasteiger partial charge < -0.3 is 10.3 Å². The Labute approximate surface area is 99.7 Å². The van der Waals surface area contributed by atoms with Crippen LogP contribution < -0.4 is 5.32 Å². The van der Waals surface area contributed by atoms with Gasteiger partial charge in [0, 0.05) is 42.4 Å². The minimum absolute atomic E-state index is 0.655. The molecule has 0 unspecified atom stereocenters. The van der Waals surface area contributed by atoms with E-state index in [0.717, 1.165) is 23.6 Å². The molecule has 0 aromatic carbocycles. The zero-order valence-electron chi connectivity index (χ0n) is 9.77. The van der Waals surface area contributed by atoms with Gasteiger partial charge in [-0.15, -0.1) is 0 Å². The lowest BCUT2D eigenvalue weighted by atomic mass is 10.2. The average molecular weight is 229 g/mol. The third-order valence-electron chi connectivity index (χ3n) is 2.95. The molecule has 2 heterocycles. The summed E-state index contributed by atoms with van der Waals surface area (Å²) in [6.45, 7) is 2.87. The van der Waals surface area contributed by atoms with Crippen molar-refractivity contribution >= 4 is 0 Å². The molecule has 2 N–H and O–H groups in total. The molecule has 2 aromatic rings. The first-order valence-electron chi connectivity index (χ1n) is 5.88. The summed E-state index contributed by atoms with van der Waals surface area (Å²) in [5, 5.41) is 3.46. The average Bonchev–Trinajstić information content (AvgIpc) is 3.00. The van der Waals surface area contributed by atoms with E-state index in [9.17, 15) is 0 Å². The van der Waals surface area contributed by atoms with Crippen LogP contribution >= 0.6 is 0 Å². The summed E-state index contributed by atoms with van der Waals surface area (Å²) in [7, 11) is 0. The molecule has 0 amide bonds. The maximum Gasteiger partial charge on any atom is 0.195 e. The van der Waals surface area contributed by atoms with Crippen molar-refractivity contribution < 1.29 is 0 Å². The fourth-order valence-electron chi connectivity index (χ4n) is 1.71. The first kappa shape index (κ1) is 10.4. The van der Waals surface area contributed by atoms with Crippen molar-refractivity contribution in [2.75, 3.05) is 0 Å². The molecule has 5 nitrogen and oxygen atoms in total. The van der Waals surface area contributed by atoms with Crippen molar-refractivity contribution in [3.8, 4) is 11.6 Å². The summed E-state index contributed by atoms with van der Waals surface area (Å²) < 4.78 is 0. The highest BCUT2D eigenvalue weighted by Crippen LogP contribution is 2.19. The third kappa shape index (κ3) is 2.34. The minimum atomic E-state index is 0.655. The maximum absolute atomic E-state index is 4.47. The summed E-state index contributed by atoms with van der Waals surface area (Å²) in [6.07, 6.45) is 7.96. The van der Waals surface area contributed by atoms with Gasteiger partial charge in [0.2, 0.25) is 0 Å². The van der Waals surface area contributed by atoms with Crippen LogP contribution in [0.4, 0.5) is 0 Å². The fraction of sp³-hybridized carbons (Fsp3) is 0.417. The van der Waals surface area contributed by atoms with E-state index < -0.39 is 0 Å². The van der Waals surface area contributed by atoms with Crippen LogP contribution in [0.15, 0.2) is 18.6 Å². The predicted molar refractivity (Wildman–Crippen MR) is 64.2 cm³/mol. The highest BCUT2D eigenvalue weighted by atomic mass is 15.0. The van der Waals surface area contributed by atoms with Crippen LogP contribution in [0.5, 0.6) is 0 Å². The van der Waals surface area contributed by atoms with E-state index in [2.05, 4.69) is 25.3 Å². The van der Waals surface area contributed by atoms with E-state index in [0.29, 0.717) is 11.9 Å². The topological polar surface area (TPSA) is 66.5 Å². The molecule has 5 heteroatoms. The summed E-state index contributed by atoms with van der Waals surface area (Å²) in [6, 6.07) is 0.708. The second-order valence-corrected chi connectivity index (χ2v) is 4.40. The van der Waals surface area contributed by atoms with Crippen LogP contribution in [0.2, 0.25) is 0 Å². The lowest BCUT2D eigenvalue weighted by Crippen LogP contribution is -2.16. The van der Waals surface area contributed by atoms with Crippen LogP contribution in [0.25, 0.3) is 11.6 Å². The van der Waals surface area contributed by atoms with Crippen LogP contribution in [0.1, 0.15) is 24.1 Å². The van der Waals surface area contributed by atoms with E-state index in [4.69, 9.17) is 0 Å². The fourth-order valence-corrected chi connectivity index (χ4v) is 1.71. The number of aromatic nitrogens is 4. The van der Waals surface area contributed by atoms with Crippen molar-refractivity contribution in [3.05, 3.63) is 29.8 Å². The molecule has 0 atom stereocenters. The Hall–Kier alpha value is -1.75. The Morgan fingerprint density at radius 3 is 2.94 bits per heavy atom. The molecule has 2 aromatic heterocycles. The molecular formula is C12H15N5. The van der Waals surface area contributed by atoms with E-state index in [1.54, 1.807) is 12.4 Å². The Kier molecular flexibility index (Phi) is 2.60. The number of hydrogen-bond donors (Lipinski definition) is 2. The van der Waals surface area contributed by atoms with Gasteiger partial charge in [0.25, 0.3) is 0 Å². The van der Waals surface area contributed by atoms with Gasteiger partial charge in [-0.3, -0.25) is 0 Å². The van der Waals surface area contributed by atoms with Crippen LogP contribution in [-0.4, -0.2) is 26.0 Å². The van der Waals surface area contributed by atoms with Gasteiger partial charge in [0.1, 0.15) is 0 Å². The molecule has 0 bridgehead atoms. The Bertz CT molecular complexity index is 502. The van der Waals surface area contributed by atoms with Crippen molar-refractivity contribution in [2.24, 2.45) is 0 Å². The number of aryl methyl sites for hydroxylation is 1. The molecule has 1 aliphatic carbocycles. The Balaban J connectivity index is 1.78. The van der Waals surface area contributed by atoms with Crippen LogP contribution in [-0.2, 0) is 6.54 Å². The summed E-state index contributed by atoms with van der Waals surface area (Å²) in [5.74, 6) is 1.37. The minimum Gasteiger partial charge on any atom is -0.342 e. The number of aromatic amines is 1. The van der Waals surface area contributed by atoms with E-state index in [1.165, 1.54) is 12.8 Å². The SMILES string of the molecule is Cc1nc(-c2ncc[nH]2)ncc1CNC1CC1. The van der Waals surface area contributed by atoms with Gasteiger partial charge in [-0.1, -0.05) is 0 Å². The number of hydrogen-bond acceptors (Lipinski definition) is 4. The molecule has 0 saturated heterocycles. The van der Waals surface area contributed by atoms with Crippen molar-refractivity contribution in [2.45, 2.75) is 32.4 Å². The van der Waals surface area contributed by atoms with Crippen molar-refractivity contribution in [1.82, 2.24) is 25.3 Å². The molecule has 3 rings (SSSR count). The lowest BCUT2D eigenvalue weighted by Gasteiger charge is -2.06.